The second kappa shape index (κ2) is 4.77. The van der Waals surface area contributed by atoms with E-state index in [1.54, 1.807) is 24.6 Å². The molecule has 0 radical (unpaired) electrons. The number of nitrogens with one attached hydrogen (secondary N) is 1. The number of anilines is 1. The number of hydrogen-bond acceptors (Lipinski definition) is 5. The number of thiazole rings is 1. The molecule has 1 unspecified atom stereocenters. The normalized spacial score (nSPS) is 12.4. The Labute approximate surface area is 109 Å². The van der Waals surface area contributed by atoms with Gasteiger partial charge in [0.15, 0.2) is 0 Å². The predicted molar refractivity (Wildman–Crippen MR) is 70.4 cm³/mol. The second-order valence-corrected chi connectivity index (χ2v) is 5.34. The van der Waals surface area contributed by atoms with Gasteiger partial charge in [0, 0.05) is 18.1 Å². The fourth-order valence-corrected chi connectivity index (χ4v) is 2.31. The summed E-state index contributed by atoms with van der Waals surface area (Å²) in [5.74, 6) is 0.121. The molecule has 6 nitrogen and oxygen atoms in total. The van der Waals surface area contributed by atoms with Crippen LogP contribution >= 0.6 is 11.3 Å². The lowest BCUT2D eigenvalue weighted by molar-refractivity contribution is 0.0940. The zero-order chi connectivity index (χ0) is 13.3. The zero-order valence-electron chi connectivity index (χ0n) is 10.5. The van der Waals surface area contributed by atoms with Crippen LogP contribution in [-0.2, 0) is 7.05 Å². The Morgan fingerprint density at radius 2 is 2.28 bits per heavy atom. The monoisotopic (exact) mass is 265 g/mol. The van der Waals surface area contributed by atoms with Crippen LogP contribution in [0, 0.1) is 6.92 Å². The molecular formula is C11H15N5OS. The maximum absolute atomic E-state index is 12.0. The first kappa shape index (κ1) is 12.6. The largest absolute Gasteiger partial charge is 0.383 e. The van der Waals surface area contributed by atoms with Gasteiger partial charge in [-0.1, -0.05) is 0 Å². The second-order valence-electron chi connectivity index (χ2n) is 4.07. The predicted octanol–water partition coefficient (Wildman–Crippen LogP) is 1.26. The van der Waals surface area contributed by atoms with Crippen molar-refractivity contribution in [2.24, 2.45) is 7.05 Å². The Morgan fingerprint density at radius 3 is 2.78 bits per heavy atom. The van der Waals surface area contributed by atoms with E-state index < -0.39 is 0 Å². The molecule has 0 bridgehead atoms. The number of amides is 1. The van der Waals surface area contributed by atoms with E-state index in [1.165, 1.54) is 10.9 Å². The highest BCUT2D eigenvalue weighted by Crippen LogP contribution is 2.20. The average Bonchev–Trinajstić information content (AvgIpc) is 2.87. The molecule has 1 atom stereocenters. The molecule has 7 heteroatoms. The zero-order valence-corrected chi connectivity index (χ0v) is 11.3. The first-order valence-electron chi connectivity index (χ1n) is 5.49. The lowest BCUT2D eigenvalue weighted by Crippen LogP contribution is -2.27. The Kier molecular flexibility index (Phi) is 3.33. The van der Waals surface area contributed by atoms with Gasteiger partial charge in [0.1, 0.15) is 16.4 Å². The van der Waals surface area contributed by atoms with Crippen LogP contribution in [0.1, 0.15) is 33.2 Å². The van der Waals surface area contributed by atoms with E-state index >= 15 is 0 Å². The quantitative estimate of drug-likeness (QED) is 0.874. The molecule has 0 saturated heterocycles. The smallest absolute Gasteiger partial charge is 0.257 e. The van der Waals surface area contributed by atoms with Crippen molar-refractivity contribution in [1.29, 1.82) is 0 Å². The van der Waals surface area contributed by atoms with Crippen molar-refractivity contribution in [1.82, 2.24) is 20.1 Å². The number of rotatable bonds is 3. The molecule has 0 spiro atoms. The van der Waals surface area contributed by atoms with Crippen molar-refractivity contribution >= 4 is 23.1 Å². The summed E-state index contributed by atoms with van der Waals surface area (Å²) in [5.41, 5.74) is 6.14. The van der Waals surface area contributed by atoms with Gasteiger partial charge >= 0.3 is 0 Å². The third-order valence-electron chi connectivity index (χ3n) is 2.59. The molecule has 2 aromatic heterocycles. The van der Waals surface area contributed by atoms with E-state index in [0.29, 0.717) is 11.4 Å². The molecule has 3 N–H and O–H groups in total. The van der Waals surface area contributed by atoms with Crippen molar-refractivity contribution < 1.29 is 4.79 Å². The molecule has 0 aliphatic heterocycles. The van der Waals surface area contributed by atoms with Gasteiger partial charge in [-0.15, -0.1) is 11.3 Å². The van der Waals surface area contributed by atoms with Gasteiger partial charge in [-0.3, -0.25) is 9.48 Å². The molecule has 0 fully saturated rings. The van der Waals surface area contributed by atoms with Crippen molar-refractivity contribution in [2.45, 2.75) is 19.9 Å². The first-order chi connectivity index (χ1) is 8.49. The Balaban J connectivity index is 2.10. The number of nitrogen functional groups attached to an aromatic ring is 1. The van der Waals surface area contributed by atoms with Crippen LogP contribution in [-0.4, -0.2) is 20.7 Å². The molecule has 2 aromatic rings. The summed E-state index contributed by atoms with van der Waals surface area (Å²) in [7, 11) is 1.69. The van der Waals surface area contributed by atoms with E-state index in [4.69, 9.17) is 5.73 Å². The van der Waals surface area contributed by atoms with Crippen LogP contribution in [0.15, 0.2) is 12.4 Å². The minimum absolute atomic E-state index is 0.143. The Morgan fingerprint density at radius 1 is 1.56 bits per heavy atom. The SMILES string of the molecule is Cc1cnc(C(C)NC(=O)c2cnn(C)c2N)s1. The number of aromatic nitrogens is 3. The standard InChI is InChI=1S/C11H15N5OS/c1-6-4-13-11(18-6)7(2)15-10(17)8-5-14-16(3)9(8)12/h4-5,7H,12H2,1-3H3,(H,15,17). The van der Waals surface area contributed by atoms with Crippen LogP contribution in [0.3, 0.4) is 0 Å². The van der Waals surface area contributed by atoms with Crippen LogP contribution in [0.25, 0.3) is 0 Å². The van der Waals surface area contributed by atoms with Crippen LogP contribution in [0.2, 0.25) is 0 Å². The molecule has 1 amide bonds. The highest BCUT2D eigenvalue weighted by molar-refractivity contribution is 7.11. The molecule has 2 heterocycles. The lowest BCUT2D eigenvalue weighted by Gasteiger charge is -2.10. The average molecular weight is 265 g/mol. The van der Waals surface area contributed by atoms with Crippen molar-refractivity contribution in [2.75, 3.05) is 5.73 Å². The number of nitrogens with zero attached hydrogens (tertiary/aromatic N) is 3. The highest BCUT2D eigenvalue weighted by atomic mass is 32.1. The number of carbonyl (C=O) groups is 1. The third kappa shape index (κ3) is 2.35. The van der Waals surface area contributed by atoms with E-state index in [-0.39, 0.29) is 11.9 Å². The number of nitrogens with two attached hydrogens (primary N) is 1. The van der Waals surface area contributed by atoms with Crippen LogP contribution < -0.4 is 11.1 Å². The van der Waals surface area contributed by atoms with Gasteiger partial charge in [0.25, 0.3) is 5.91 Å². The molecular weight excluding hydrogens is 250 g/mol. The van der Waals surface area contributed by atoms with Gasteiger partial charge in [-0.2, -0.15) is 5.10 Å². The van der Waals surface area contributed by atoms with E-state index in [2.05, 4.69) is 15.4 Å². The van der Waals surface area contributed by atoms with Crippen molar-refractivity contribution in [3.05, 3.63) is 27.8 Å². The number of hydrogen-bond donors (Lipinski definition) is 2. The molecule has 0 aliphatic carbocycles. The molecule has 0 saturated carbocycles. The minimum Gasteiger partial charge on any atom is -0.383 e. The van der Waals surface area contributed by atoms with Crippen molar-refractivity contribution in [3.63, 3.8) is 0 Å². The minimum atomic E-state index is -0.235. The van der Waals surface area contributed by atoms with Gasteiger partial charge in [0.2, 0.25) is 0 Å². The van der Waals surface area contributed by atoms with Crippen LogP contribution in [0.4, 0.5) is 5.82 Å². The van der Waals surface area contributed by atoms with E-state index in [1.807, 2.05) is 13.8 Å². The summed E-state index contributed by atoms with van der Waals surface area (Å²) in [6.45, 7) is 3.87. The number of carbonyl (C=O) groups excluding carboxylic acids is 1. The van der Waals surface area contributed by atoms with Gasteiger partial charge in [-0.25, -0.2) is 4.98 Å². The maximum Gasteiger partial charge on any atom is 0.257 e. The highest BCUT2D eigenvalue weighted by Gasteiger charge is 2.18. The summed E-state index contributed by atoms with van der Waals surface area (Å²) < 4.78 is 1.47. The van der Waals surface area contributed by atoms with Crippen molar-refractivity contribution in [3.8, 4) is 0 Å². The molecule has 2 rings (SSSR count). The van der Waals surface area contributed by atoms with Gasteiger partial charge in [0.05, 0.1) is 12.2 Å². The van der Waals surface area contributed by atoms with E-state index in [0.717, 1.165) is 9.88 Å². The summed E-state index contributed by atoms with van der Waals surface area (Å²) in [6.07, 6.45) is 3.26. The van der Waals surface area contributed by atoms with E-state index in [9.17, 15) is 4.79 Å². The molecule has 96 valence electrons. The Bertz CT molecular complexity index is 574. The summed E-state index contributed by atoms with van der Waals surface area (Å²) in [4.78, 5) is 17.4. The number of aryl methyl sites for hydroxylation is 2. The van der Waals surface area contributed by atoms with Gasteiger partial charge < -0.3 is 11.1 Å². The summed E-state index contributed by atoms with van der Waals surface area (Å²) in [6, 6.07) is -0.143. The fourth-order valence-electron chi connectivity index (χ4n) is 1.53. The van der Waals surface area contributed by atoms with Crippen LogP contribution in [0.5, 0.6) is 0 Å². The summed E-state index contributed by atoms with van der Waals surface area (Å²) in [5, 5.41) is 7.67. The third-order valence-corrected chi connectivity index (χ3v) is 3.68. The Hall–Kier alpha value is -1.89. The van der Waals surface area contributed by atoms with Gasteiger partial charge in [-0.05, 0) is 13.8 Å². The summed E-state index contributed by atoms with van der Waals surface area (Å²) >= 11 is 1.56. The first-order valence-corrected chi connectivity index (χ1v) is 6.31. The fraction of sp³-hybridized carbons (Fsp3) is 0.364. The molecule has 18 heavy (non-hydrogen) atoms. The lowest BCUT2D eigenvalue weighted by atomic mass is 10.2. The maximum atomic E-state index is 12.0. The molecule has 0 aliphatic rings. The molecule has 0 aromatic carbocycles. The topological polar surface area (TPSA) is 85.8 Å².